The van der Waals surface area contributed by atoms with Crippen molar-refractivity contribution in [2.45, 2.75) is 13.3 Å². The first-order valence-electron chi connectivity index (χ1n) is 5.53. The first-order chi connectivity index (χ1) is 8.16. The van der Waals surface area contributed by atoms with Gasteiger partial charge in [0.1, 0.15) is 5.75 Å². The summed E-state index contributed by atoms with van der Waals surface area (Å²) in [7, 11) is 0. The van der Waals surface area contributed by atoms with Gasteiger partial charge < -0.3 is 5.11 Å². The average Bonchev–Trinajstić information content (AvgIpc) is 2.33. The van der Waals surface area contributed by atoms with Crippen LogP contribution in [0.4, 0.5) is 0 Å². The topological polar surface area (TPSA) is 37.3 Å². The van der Waals surface area contributed by atoms with E-state index in [9.17, 15) is 9.90 Å². The van der Waals surface area contributed by atoms with Crippen LogP contribution in [0, 0.1) is 0 Å². The lowest BCUT2D eigenvalue weighted by Crippen LogP contribution is -1.93. The highest BCUT2D eigenvalue weighted by Crippen LogP contribution is 2.19. The lowest BCUT2D eigenvalue weighted by atomic mass is 10.0. The van der Waals surface area contributed by atoms with Crippen molar-refractivity contribution in [2.75, 3.05) is 0 Å². The molecule has 1 N–H and O–H groups in total. The molecule has 0 saturated carbocycles. The first-order valence-corrected chi connectivity index (χ1v) is 5.53. The molecular weight excluding hydrogens is 212 g/mol. The summed E-state index contributed by atoms with van der Waals surface area (Å²) in [6.07, 6.45) is 0.671. The molecule has 0 atom stereocenters. The Bertz CT molecular complexity index is 527. The Morgan fingerprint density at radius 1 is 1.06 bits per heavy atom. The molecule has 0 aliphatic carbocycles. The Kier molecular flexibility index (Phi) is 3.24. The molecule has 0 spiro atoms. The molecule has 0 fully saturated rings. The van der Waals surface area contributed by atoms with Crippen LogP contribution in [-0.2, 0) is 6.42 Å². The van der Waals surface area contributed by atoms with Crippen molar-refractivity contribution in [3.05, 3.63) is 65.2 Å². The quantitative estimate of drug-likeness (QED) is 0.816. The molecule has 2 heteroatoms. The van der Waals surface area contributed by atoms with Crippen LogP contribution in [-0.4, -0.2) is 10.9 Å². The number of para-hydroxylation sites is 1. The van der Waals surface area contributed by atoms with Gasteiger partial charge in [-0.25, -0.2) is 0 Å². The minimum atomic E-state index is 0.0686. The molecule has 0 aliphatic heterocycles. The van der Waals surface area contributed by atoms with Crippen LogP contribution >= 0.6 is 0 Å². The number of hydrogen-bond donors (Lipinski definition) is 1. The van der Waals surface area contributed by atoms with Gasteiger partial charge in [0.2, 0.25) is 0 Å². The van der Waals surface area contributed by atoms with Crippen LogP contribution in [0.15, 0.2) is 48.5 Å². The second-order valence-electron chi connectivity index (χ2n) is 4.06. The zero-order valence-electron chi connectivity index (χ0n) is 9.68. The van der Waals surface area contributed by atoms with E-state index in [-0.39, 0.29) is 5.78 Å². The zero-order chi connectivity index (χ0) is 12.3. The lowest BCUT2D eigenvalue weighted by molar-refractivity contribution is 0.101. The van der Waals surface area contributed by atoms with Gasteiger partial charge in [-0.2, -0.15) is 0 Å². The van der Waals surface area contributed by atoms with Gasteiger partial charge >= 0.3 is 0 Å². The summed E-state index contributed by atoms with van der Waals surface area (Å²) in [5, 5.41) is 9.66. The molecule has 0 amide bonds. The van der Waals surface area contributed by atoms with Crippen molar-refractivity contribution >= 4 is 5.78 Å². The number of phenols is 1. The molecule has 0 radical (unpaired) electrons. The number of benzene rings is 2. The number of rotatable bonds is 3. The fourth-order valence-corrected chi connectivity index (χ4v) is 1.74. The molecule has 17 heavy (non-hydrogen) atoms. The maximum absolute atomic E-state index is 11.1. The fourth-order valence-electron chi connectivity index (χ4n) is 1.74. The zero-order valence-corrected chi connectivity index (χ0v) is 9.68. The Balaban J connectivity index is 2.20. The highest BCUT2D eigenvalue weighted by Gasteiger charge is 2.03. The smallest absolute Gasteiger partial charge is 0.159 e. The van der Waals surface area contributed by atoms with Crippen LogP contribution in [0.1, 0.15) is 28.4 Å². The number of carbonyl (C=O) groups is 1. The first kappa shape index (κ1) is 11.4. The number of aromatic hydroxyl groups is 1. The second-order valence-corrected chi connectivity index (χ2v) is 4.06. The third kappa shape index (κ3) is 2.72. The van der Waals surface area contributed by atoms with Crippen LogP contribution < -0.4 is 0 Å². The van der Waals surface area contributed by atoms with Crippen molar-refractivity contribution in [3.63, 3.8) is 0 Å². The second kappa shape index (κ2) is 4.83. The molecule has 0 saturated heterocycles. The normalized spacial score (nSPS) is 10.2. The van der Waals surface area contributed by atoms with E-state index < -0.39 is 0 Å². The maximum Gasteiger partial charge on any atom is 0.159 e. The van der Waals surface area contributed by atoms with Gasteiger partial charge in [0.25, 0.3) is 0 Å². The summed E-state index contributed by atoms with van der Waals surface area (Å²) in [5.74, 6) is 0.377. The summed E-state index contributed by atoms with van der Waals surface area (Å²) >= 11 is 0. The van der Waals surface area contributed by atoms with Crippen LogP contribution in [0.25, 0.3) is 0 Å². The van der Waals surface area contributed by atoms with E-state index in [1.807, 2.05) is 36.4 Å². The van der Waals surface area contributed by atoms with Gasteiger partial charge in [-0.15, -0.1) is 0 Å². The van der Waals surface area contributed by atoms with Gasteiger partial charge in [-0.3, -0.25) is 4.79 Å². The van der Waals surface area contributed by atoms with Gasteiger partial charge in [-0.1, -0.05) is 42.5 Å². The van der Waals surface area contributed by atoms with Crippen molar-refractivity contribution in [1.29, 1.82) is 0 Å². The fraction of sp³-hybridized carbons (Fsp3) is 0.133. The Morgan fingerprint density at radius 3 is 2.29 bits per heavy atom. The number of carbonyl (C=O) groups excluding carboxylic acids is 1. The Labute approximate surface area is 101 Å². The van der Waals surface area contributed by atoms with E-state index in [0.29, 0.717) is 17.7 Å². The molecule has 0 unspecified atom stereocenters. The molecule has 0 aliphatic rings. The molecule has 2 aromatic carbocycles. The average molecular weight is 226 g/mol. The van der Waals surface area contributed by atoms with Gasteiger partial charge in [-0.05, 0) is 24.1 Å². The standard InChI is InChI=1S/C15H14O2/c1-11(16)13-8-6-12(7-9-13)10-14-4-2-3-5-15(14)17/h2-9,17H,10H2,1H3. The molecule has 0 bridgehead atoms. The van der Waals surface area contributed by atoms with E-state index in [0.717, 1.165) is 11.1 Å². The highest BCUT2D eigenvalue weighted by molar-refractivity contribution is 5.94. The maximum atomic E-state index is 11.1. The van der Waals surface area contributed by atoms with Crippen LogP contribution in [0.2, 0.25) is 0 Å². The third-order valence-corrected chi connectivity index (χ3v) is 2.75. The predicted molar refractivity (Wildman–Crippen MR) is 67.4 cm³/mol. The van der Waals surface area contributed by atoms with E-state index >= 15 is 0 Å². The van der Waals surface area contributed by atoms with Gasteiger partial charge in [0.05, 0.1) is 0 Å². The van der Waals surface area contributed by atoms with Crippen molar-refractivity contribution in [3.8, 4) is 5.75 Å². The predicted octanol–water partition coefficient (Wildman–Crippen LogP) is 3.19. The minimum absolute atomic E-state index is 0.0686. The van der Waals surface area contributed by atoms with E-state index in [2.05, 4.69) is 0 Å². The molecule has 2 nitrogen and oxygen atoms in total. The monoisotopic (exact) mass is 226 g/mol. The molecular formula is C15H14O2. The SMILES string of the molecule is CC(=O)c1ccc(Cc2ccccc2O)cc1. The molecule has 2 aromatic rings. The highest BCUT2D eigenvalue weighted by atomic mass is 16.3. The summed E-state index contributed by atoms with van der Waals surface area (Å²) in [6.45, 7) is 1.55. The van der Waals surface area contributed by atoms with E-state index in [4.69, 9.17) is 0 Å². The Hall–Kier alpha value is -2.09. The van der Waals surface area contributed by atoms with Crippen molar-refractivity contribution in [2.24, 2.45) is 0 Å². The molecule has 0 heterocycles. The summed E-state index contributed by atoms with van der Waals surface area (Å²) < 4.78 is 0. The number of phenolic OH excluding ortho intramolecular Hbond substituents is 1. The summed E-state index contributed by atoms with van der Waals surface area (Å²) in [6, 6.07) is 14.8. The molecule has 86 valence electrons. The number of ketones is 1. The van der Waals surface area contributed by atoms with Crippen molar-refractivity contribution < 1.29 is 9.90 Å². The van der Waals surface area contributed by atoms with Gasteiger partial charge in [0.15, 0.2) is 5.78 Å². The van der Waals surface area contributed by atoms with Crippen LogP contribution in [0.3, 0.4) is 0 Å². The van der Waals surface area contributed by atoms with Crippen LogP contribution in [0.5, 0.6) is 5.75 Å². The molecule has 2 rings (SSSR count). The summed E-state index contributed by atoms with van der Waals surface area (Å²) in [5.41, 5.74) is 2.69. The van der Waals surface area contributed by atoms with E-state index in [1.165, 1.54) is 0 Å². The minimum Gasteiger partial charge on any atom is -0.508 e. The van der Waals surface area contributed by atoms with Gasteiger partial charge in [0, 0.05) is 12.0 Å². The van der Waals surface area contributed by atoms with Crippen molar-refractivity contribution in [1.82, 2.24) is 0 Å². The number of Topliss-reactive ketones (excluding diaryl/α,β-unsaturated/α-hetero) is 1. The van der Waals surface area contributed by atoms with E-state index in [1.54, 1.807) is 19.1 Å². The number of hydrogen-bond acceptors (Lipinski definition) is 2. The largest absolute Gasteiger partial charge is 0.508 e. The lowest BCUT2D eigenvalue weighted by Gasteiger charge is -2.05. The Morgan fingerprint density at radius 2 is 1.71 bits per heavy atom. The third-order valence-electron chi connectivity index (χ3n) is 2.75. The molecule has 0 aromatic heterocycles. The summed E-state index contributed by atoms with van der Waals surface area (Å²) in [4.78, 5) is 11.1.